The molecule has 3 rings (SSSR count). The SMILES string of the molecule is CC(C)N1[CH]N([C@H](CCCl)c2ccccc2)c2ccccc21. The van der Waals surface area contributed by atoms with E-state index >= 15 is 0 Å². The van der Waals surface area contributed by atoms with Crippen molar-refractivity contribution in [1.82, 2.24) is 0 Å². The maximum absolute atomic E-state index is 6.10. The van der Waals surface area contributed by atoms with Gasteiger partial charge in [-0.3, -0.25) is 0 Å². The molecule has 3 heteroatoms. The van der Waals surface area contributed by atoms with Crippen LogP contribution < -0.4 is 9.80 Å². The van der Waals surface area contributed by atoms with Crippen LogP contribution in [0.1, 0.15) is 31.9 Å². The van der Waals surface area contributed by atoms with Crippen molar-refractivity contribution in [2.75, 3.05) is 15.7 Å². The number of hydrogen-bond acceptors (Lipinski definition) is 2. The van der Waals surface area contributed by atoms with Gasteiger partial charge in [-0.15, -0.1) is 11.6 Å². The molecule has 0 spiro atoms. The molecule has 1 aliphatic rings. The van der Waals surface area contributed by atoms with Gasteiger partial charge in [-0.1, -0.05) is 42.5 Å². The molecule has 0 bridgehead atoms. The molecule has 0 saturated carbocycles. The average molecular weight is 314 g/mol. The van der Waals surface area contributed by atoms with Crippen molar-refractivity contribution in [1.29, 1.82) is 0 Å². The van der Waals surface area contributed by atoms with Gasteiger partial charge >= 0.3 is 0 Å². The number of rotatable bonds is 5. The summed E-state index contributed by atoms with van der Waals surface area (Å²) < 4.78 is 0. The monoisotopic (exact) mass is 313 g/mol. The third-order valence-corrected chi connectivity index (χ3v) is 4.36. The minimum Gasteiger partial charge on any atom is -0.344 e. The summed E-state index contributed by atoms with van der Waals surface area (Å²) in [6.07, 6.45) is 0.919. The molecule has 1 aliphatic heterocycles. The zero-order valence-electron chi connectivity index (χ0n) is 13.1. The number of alkyl halides is 1. The highest BCUT2D eigenvalue weighted by Gasteiger charge is 2.32. The highest BCUT2D eigenvalue weighted by atomic mass is 35.5. The fourth-order valence-electron chi connectivity index (χ4n) is 3.06. The van der Waals surface area contributed by atoms with E-state index in [1.54, 1.807) is 0 Å². The van der Waals surface area contributed by atoms with E-state index in [0.717, 1.165) is 6.42 Å². The summed E-state index contributed by atoms with van der Waals surface area (Å²) >= 11 is 6.10. The Kier molecular flexibility index (Phi) is 4.58. The van der Waals surface area contributed by atoms with Crippen LogP contribution in [-0.4, -0.2) is 11.9 Å². The topological polar surface area (TPSA) is 6.48 Å². The Balaban J connectivity index is 1.99. The zero-order chi connectivity index (χ0) is 15.5. The maximum atomic E-state index is 6.10. The summed E-state index contributed by atoms with van der Waals surface area (Å²) in [5, 5.41) is 0. The number of benzene rings is 2. The second-order valence-corrected chi connectivity index (χ2v) is 6.29. The van der Waals surface area contributed by atoms with Crippen LogP contribution in [0.2, 0.25) is 0 Å². The number of anilines is 2. The van der Waals surface area contributed by atoms with Crippen LogP contribution in [-0.2, 0) is 0 Å². The molecule has 0 saturated heterocycles. The molecule has 1 atom stereocenters. The highest BCUT2D eigenvalue weighted by molar-refractivity contribution is 6.17. The van der Waals surface area contributed by atoms with Gasteiger partial charge in [-0.05, 0) is 38.0 Å². The molecule has 0 amide bonds. The standard InChI is InChI=1S/C19H22ClN2/c1-15(2)21-14-22(19-11-7-6-10-18(19)21)17(12-13-20)16-8-4-3-5-9-16/h3-11,14-15,17H,12-13H2,1-2H3/t17-/m1/s1. The minimum atomic E-state index is 0.267. The first-order chi connectivity index (χ1) is 10.7. The van der Waals surface area contributed by atoms with Crippen LogP contribution >= 0.6 is 11.6 Å². The molecule has 115 valence electrons. The second kappa shape index (κ2) is 6.62. The van der Waals surface area contributed by atoms with Gasteiger partial charge in [-0.25, -0.2) is 0 Å². The molecular weight excluding hydrogens is 292 g/mol. The number of para-hydroxylation sites is 2. The van der Waals surface area contributed by atoms with Crippen molar-refractivity contribution >= 4 is 23.0 Å². The highest BCUT2D eigenvalue weighted by Crippen LogP contribution is 2.44. The Bertz CT molecular complexity index is 612. The molecule has 0 unspecified atom stereocenters. The summed E-state index contributed by atoms with van der Waals surface area (Å²) in [6.45, 7) is 6.67. The Labute approximate surface area is 138 Å². The molecule has 0 aliphatic carbocycles. The van der Waals surface area contributed by atoms with Crippen molar-refractivity contribution in [3.63, 3.8) is 0 Å². The third-order valence-electron chi connectivity index (χ3n) is 4.15. The molecule has 1 radical (unpaired) electrons. The molecule has 1 heterocycles. The van der Waals surface area contributed by atoms with E-state index in [9.17, 15) is 0 Å². The Morgan fingerprint density at radius 3 is 2.05 bits per heavy atom. The lowest BCUT2D eigenvalue weighted by Crippen LogP contribution is -2.32. The van der Waals surface area contributed by atoms with Crippen molar-refractivity contribution in [2.45, 2.75) is 32.4 Å². The number of halogens is 1. The van der Waals surface area contributed by atoms with E-state index in [1.165, 1.54) is 16.9 Å². The molecule has 0 fully saturated rings. The second-order valence-electron chi connectivity index (χ2n) is 5.92. The van der Waals surface area contributed by atoms with Crippen LogP contribution in [0.5, 0.6) is 0 Å². The van der Waals surface area contributed by atoms with Gasteiger partial charge in [0.15, 0.2) is 0 Å². The smallest absolute Gasteiger partial charge is 0.143 e. The molecule has 0 N–H and O–H groups in total. The largest absolute Gasteiger partial charge is 0.344 e. The van der Waals surface area contributed by atoms with Crippen LogP contribution in [0, 0.1) is 6.67 Å². The first-order valence-corrected chi connectivity index (χ1v) is 8.37. The summed E-state index contributed by atoms with van der Waals surface area (Å²) in [7, 11) is 0. The van der Waals surface area contributed by atoms with E-state index in [2.05, 4.69) is 84.9 Å². The van der Waals surface area contributed by atoms with Gasteiger partial charge in [0.1, 0.15) is 6.67 Å². The lowest BCUT2D eigenvalue weighted by molar-refractivity contribution is 0.635. The lowest BCUT2D eigenvalue weighted by Gasteiger charge is -2.31. The van der Waals surface area contributed by atoms with Gasteiger partial charge in [0, 0.05) is 11.9 Å². The van der Waals surface area contributed by atoms with E-state index in [0.29, 0.717) is 11.9 Å². The van der Waals surface area contributed by atoms with Crippen molar-refractivity contribution in [2.24, 2.45) is 0 Å². The normalized spacial score (nSPS) is 15.3. The van der Waals surface area contributed by atoms with E-state index in [4.69, 9.17) is 11.6 Å². The van der Waals surface area contributed by atoms with E-state index < -0.39 is 0 Å². The van der Waals surface area contributed by atoms with Crippen molar-refractivity contribution in [3.05, 3.63) is 66.8 Å². The third kappa shape index (κ3) is 2.80. The van der Waals surface area contributed by atoms with Crippen molar-refractivity contribution < 1.29 is 0 Å². The van der Waals surface area contributed by atoms with E-state index in [1.807, 2.05) is 0 Å². The van der Waals surface area contributed by atoms with Crippen molar-refractivity contribution in [3.8, 4) is 0 Å². The fourth-order valence-corrected chi connectivity index (χ4v) is 3.27. The summed E-state index contributed by atoms with van der Waals surface area (Å²) in [4.78, 5) is 4.70. The molecule has 2 aromatic carbocycles. The van der Waals surface area contributed by atoms with Crippen LogP contribution in [0.15, 0.2) is 54.6 Å². The Morgan fingerprint density at radius 1 is 0.864 bits per heavy atom. The molecule has 2 nitrogen and oxygen atoms in total. The zero-order valence-corrected chi connectivity index (χ0v) is 13.9. The molecule has 2 aromatic rings. The first-order valence-electron chi connectivity index (χ1n) is 7.84. The van der Waals surface area contributed by atoms with Gasteiger partial charge in [0.2, 0.25) is 0 Å². The Morgan fingerprint density at radius 2 is 1.45 bits per heavy atom. The number of fused-ring (bicyclic) bond motifs is 1. The van der Waals surface area contributed by atoms with Crippen LogP contribution in [0.25, 0.3) is 0 Å². The summed E-state index contributed by atoms with van der Waals surface area (Å²) in [5.41, 5.74) is 3.84. The van der Waals surface area contributed by atoms with Crippen LogP contribution in [0.4, 0.5) is 11.4 Å². The summed E-state index contributed by atoms with van der Waals surface area (Å²) in [6, 6.07) is 19.9. The minimum absolute atomic E-state index is 0.267. The maximum Gasteiger partial charge on any atom is 0.143 e. The molecule has 22 heavy (non-hydrogen) atoms. The first kappa shape index (κ1) is 15.2. The van der Waals surface area contributed by atoms with Gasteiger partial charge in [-0.2, -0.15) is 0 Å². The molecular formula is C19H22ClN2. The van der Waals surface area contributed by atoms with Gasteiger partial charge in [0.25, 0.3) is 0 Å². The van der Waals surface area contributed by atoms with Gasteiger partial charge < -0.3 is 9.80 Å². The lowest BCUT2D eigenvalue weighted by atomic mass is 10.0. The average Bonchev–Trinajstić information content (AvgIpc) is 2.93. The fraction of sp³-hybridized carbons (Fsp3) is 0.316. The van der Waals surface area contributed by atoms with Crippen LogP contribution in [0.3, 0.4) is 0 Å². The van der Waals surface area contributed by atoms with E-state index in [-0.39, 0.29) is 6.04 Å². The number of hydrogen-bond donors (Lipinski definition) is 0. The summed E-state index contributed by atoms with van der Waals surface area (Å²) in [5.74, 6) is 0.647. The predicted octanol–water partition coefficient (Wildman–Crippen LogP) is 5.21. The number of nitrogens with zero attached hydrogens (tertiary/aromatic N) is 2. The van der Waals surface area contributed by atoms with Gasteiger partial charge in [0.05, 0.1) is 17.4 Å². The Hall–Kier alpha value is -1.67. The predicted molar refractivity (Wildman–Crippen MR) is 95.4 cm³/mol. The molecule has 0 aromatic heterocycles. The quantitative estimate of drug-likeness (QED) is 0.699.